The second kappa shape index (κ2) is 5.32. The van der Waals surface area contributed by atoms with E-state index in [0.717, 1.165) is 17.1 Å². The van der Waals surface area contributed by atoms with Crippen molar-refractivity contribution < 1.29 is 14.8 Å². The summed E-state index contributed by atoms with van der Waals surface area (Å²) in [4.78, 5) is 11.1. The molecule has 2 fully saturated rings. The molecule has 0 aliphatic carbocycles. The average Bonchev–Trinajstić information content (AvgIpc) is 2.70. The minimum atomic E-state index is -0.405. The Labute approximate surface area is 118 Å². The highest BCUT2D eigenvalue weighted by atomic mass is 32.2. The van der Waals surface area contributed by atoms with Gasteiger partial charge >= 0.3 is 0 Å². The molecule has 1 aromatic carbocycles. The van der Waals surface area contributed by atoms with Crippen LogP contribution in [0.5, 0.6) is 0 Å². The molecule has 102 valence electrons. The number of ether oxygens (including phenoxy) is 1. The first kappa shape index (κ1) is 13.2. The molecule has 2 bridgehead atoms. The summed E-state index contributed by atoms with van der Waals surface area (Å²) in [5, 5.41) is 20.5. The molecule has 19 heavy (non-hydrogen) atoms. The molecule has 2 heterocycles. The maximum atomic E-state index is 10.6. The fraction of sp³-hybridized carbons (Fsp3) is 0.500. The molecule has 0 amide bonds. The normalized spacial score (nSPS) is 33.3. The highest BCUT2D eigenvalue weighted by Crippen LogP contribution is 2.44. The van der Waals surface area contributed by atoms with Crippen LogP contribution in [-0.4, -0.2) is 38.7 Å². The maximum Gasteiger partial charge on any atom is 0.269 e. The Hall–Kier alpha value is -0.760. The number of thioether (sulfide) groups is 2. The summed E-state index contributed by atoms with van der Waals surface area (Å²) >= 11 is 3.40. The zero-order chi connectivity index (χ0) is 13.4. The van der Waals surface area contributed by atoms with E-state index in [-0.39, 0.29) is 22.5 Å². The molecule has 2 saturated heterocycles. The van der Waals surface area contributed by atoms with Gasteiger partial charge in [0.2, 0.25) is 0 Å². The van der Waals surface area contributed by atoms with Crippen LogP contribution in [0.1, 0.15) is 6.42 Å². The van der Waals surface area contributed by atoms with Gasteiger partial charge in [-0.05, 0) is 12.1 Å². The third kappa shape index (κ3) is 2.74. The number of hydrogen-bond acceptors (Lipinski definition) is 6. The van der Waals surface area contributed by atoms with Gasteiger partial charge < -0.3 is 9.84 Å². The Morgan fingerprint density at radius 1 is 1.42 bits per heavy atom. The predicted octanol–water partition coefficient (Wildman–Crippen LogP) is 2.28. The van der Waals surface area contributed by atoms with Gasteiger partial charge in [0.1, 0.15) is 6.10 Å². The lowest BCUT2D eigenvalue weighted by molar-refractivity contribution is -0.384. The molecule has 0 aromatic heterocycles. The van der Waals surface area contributed by atoms with E-state index in [4.69, 9.17) is 4.74 Å². The molecule has 5 nitrogen and oxygen atoms in total. The van der Waals surface area contributed by atoms with E-state index >= 15 is 0 Å². The van der Waals surface area contributed by atoms with Gasteiger partial charge in [-0.3, -0.25) is 10.1 Å². The van der Waals surface area contributed by atoms with Crippen molar-refractivity contribution in [1.82, 2.24) is 0 Å². The van der Waals surface area contributed by atoms with Crippen molar-refractivity contribution in [3.8, 4) is 0 Å². The van der Waals surface area contributed by atoms with Crippen molar-refractivity contribution in [3.63, 3.8) is 0 Å². The summed E-state index contributed by atoms with van der Waals surface area (Å²) in [5.74, 6) is 0.901. The average molecular weight is 299 g/mol. The summed E-state index contributed by atoms with van der Waals surface area (Å²) in [5.41, 5.74) is 0.0952. The standard InChI is InChI=1S/C12H13NO4S2/c14-10-5-8-6-18-12(11(10)17-8)19-9-3-1-7(2-4-9)13(15)16/h1-4,8,10-12,14H,5-6H2/t8-,10-,11-,12+/m0/s1. The number of nitro groups is 1. The largest absolute Gasteiger partial charge is 0.390 e. The van der Waals surface area contributed by atoms with Gasteiger partial charge in [-0.2, -0.15) is 0 Å². The van der Waals surface area contributed by atoms with Gasteiger partial charge in [0, 0.05) is 29.2 Å². The zero-order valence-electron chi connectivity index (χ0n) is 9.97. The molecule has 3 rings (SSSR count). The van der Waals surface area contributed by atoms with Crippen LogP contribution in [-0.2, 0) is 4.74 Å². The number of aliphatic hydroxyl groups is 1. The number of fused-ring (bicyclic) bond motifs is 2. The Balaban J connectivity index is 1.69. The number of aliphatic hydroxyl groups excluding tert-OH is 1. The van der Waals surface area contributed by atoms with Crippen molar-refractivity contribution in [2.75, 3.05) is 5.75 Å². The van der Waals surface area contributed by atoms with Crippen molar-refractivity contribution >= 4 is 29.2 Å². The number of benzene rings is 1. The molecule has 1 N–H and O–H groups in total. The lowest BCUT2D eigenvalue weighted by atomic mass is 10.2. The smallest absolute Gasteiger partial charge is 0.269 e. The number of hydrogen-bond donors (Lipinski definition) is 1. The quantitative estimate of drug-likeness (QED) is 0.682. The van der Waals surface area contributed by atoms with Gasteiger partial charge in [0.25, 0.3) is 5.69 Å². The van der Waals surface area contributed by atoms with Crippen LogP contribution < -0.4 is 0 Å². The lowest BCUT2D eigenvalue weighted by Gasteiger charge is -2.29. The molecular formula is C12H13NO4S2. The van der Waals surface area contributed by atoms with E-state index in [9.17, 15) is 15.2 Å². The van der Waals surface area contributed by atoms with E-state index in [1.54, 1.807) is 35.7 Å². The van der Waals surface area contributed by atoms with E-state index < -0.39 is 11.0 Å². The predicted molar refractivity (Wildman–Crippen MR) is 74.5 cm³/mol. The number of non-ortho nitro benzene ring substituents is 1. The van der Waals surface area contributed by atoms with Crippen LogP contribution in [0, 0.1) is 10.1 Å². The van der Waals surface area contributed by atoms with Crippen LogP contribution in [0.15, 0.2) is 29.2 Å². The lowest BCUT2D eigenvalue weighted by Crippen LogP contribution is -2.33. The maximum absolute atomic E-state index is 10.6. The highest BCUT2D eigenvalue weighted by Gasteiger charge is 2.44. The Kier molecular flexibility index (Phi) is 3.70. The van der Waals surface area contributed by atoms with Crippen LogP contribution in [0.4, 0.5) is 5.69 Å². The van der Waals surface area contributed by atoms with E-state index in [0.29, 0.717) is 0 Å². The molecule has 2 aliphatic rings. The molecule has 1 aromatic rings. The second-order valence-electron chi connectivity index (χ2n) is 4.60. The van der Waals surface area contributed by atoms with E-state index in [1.807, 2.05) is 0 Å². The summed E-state index contributed by atoms with van der Waals surface area (Å²) in [7, 11) is 0. The van der Waals surface area contributed by atoms with Crippen LogP contribution in [0.3, 0.4) is 0 Å². The first-order chi connectivity index (χ1) is 9.13. The van der Waals surface area contributed by atoms with E-state index in [2.05, 4.69) is 0 Å². The number of rotatable bonds is 3. The van der Waals surface area contributed by atoms with Crippen molar-refractivity contribution in [2.45, 2.75) is 34.2 Å². The Morgan fingerprint density at radius 3 is 2.84 bits per heavy atom. The molecule has 0 spiro atoms. The SMILES string of the molecule is O=[N+]([O-])c1ccc(S[C@H]2SC[C@@H]3C[C@H](O)[C@@H]2O3)cc1. The van der Waals surface area contributed by atoms with Crippen molar-refractivity contribution in [2.24, 2.45) is 0 Å². The van der Waals surface area contributed by atoms with Crippen LogP contribution in [0.25, 0.3) is 0 Å². The molecule has 4 atom stereocenters. The van der Waals surface area contributed by atoms with Gasteiger partial charge in [0.15, 0.2) is 0 Å². The molecule has 0 unspecified atom stereocenters. The van der Waals surface area contributed by atoms with Gasteiger partial charge in [0.05, 0.1) is 21.7 Å². The minimum absolute atomic E-state index is 0.0952. The minimum Gasteiger partial charge on any atom is -0.390 e. The monoisotopic (exact) mass is 299 g/mol. The summed E-state index contributed by atoms with van der Waals surface area (Å²) < 4.78 is 5.90. The van der Waals surface area contributed by atoms with Crippen molar-refractivity contribution in [3.05, 3.63) is 34.4 Å². The fourth-order valence-electron chi connectivity index (χ4n) is 2.30. The molecule has 0 radical (unpaired) electrons. The van der Waals surface area contributed by atoms with Gasteiger partial charge in [-0.1, -0.05) is 0 Å². The van der Waals surface area contributed by atoms with Gasteiger partial charge in [-0.15, -0.1) is 23.5 Å². The van der Waals surface area contributed by atoms with E-state index in [1.165, 1.54) is 12.1 Å². The summed E-state index contributed by atoms with van der Waals surface area (Å²) in [6.07, 6.45) is 0.368. The summed E-state index contributed by atoms with van der Waals surface area (Å²) in [6, 6.07) is 6.50. The topological polar surface area (TPSA) is 72.6 Å². The molecule has 2 aliphatic heterocycles. The van der Waals surface area contributed by atoms with Gasteiger partial charge in [-0.25, -0.2) is 0 Å². The third-order valence-electron chi connectivity index (χ3n) is 3.25. The van der Waals surface area contributed by atoms with Crippen molar-refractivity contribution in [1.29, 1.82) is 0 Å². The fourth-order valence-corrected chi connectivity index (χ4v) is 5.14. The molecular weight excluding hydrogens is 286 g/mol. The Bertz CT molecular complexity index is 481. The first-order valence-electron chi connectivity index (χ1n) is 6.00. The zero-order valence-corrected chi connectivity index (χ0v) is 11.6. The number of nitrogens with zero attached hydrogens (tertiary/aromatic N) is 1. The highest BCUT2D eigenvalue weighted by molar-refractivity contribution is 8.17. The first-order valence-corrected chi connectivity index (χ1v) is 7.92. The molecule has 0 saturated carbocycles. The second-order valence-corrected chi connectivity index (χ2v) is 7.28. The number of nitro benzene ring substituents is 1. The Morgan fingerprint density at radius 2 is 2.16 bits per heavy atom. The third-order valence-corrected chi connectivity index (χ3v) is 6.15. The summed E-state index contributed by atoms with van der Waals surface area (Å²) in [6.45, 7) is 0. The van der Waals surface area contributed by atoms with Crippen LogP contribution in [0.2, 0.25) is 0 Å². The van der Waals surface area contributed by atoms with Crippen LogP contribution >= 0.6 is 23.5 Å². The molecule has 7 heteroatoms.